The molecule has 2 atom stereocenters. The lowest BCUT2D eigenvalue weighted by Crippen LogP contribution is -2.24. The Morgan fingerprint density at radius 1 is 1.11 bits per heavy atom. The zero-order valence-corrected chi connectivity index (χ0v) is 12.6. The van der Waals surface area contributed by atoms with E-state index in [4.69, 9.17) is 11.6 Å². The van der Waals surface area contributed by atoms with Crippen molar-refractivity contribution in [2.24, 2.45) is 5.92 Å². The fourth-order valence-corrected chi connectivity index (χ4v) is 2.49. The van der Waals surface area contributed by atoms with Crippen molar-refractivity contribution in [2.75, 3.05) is 6.54 Å². The minimum absolute atomic E-state index is 0.462. The van der Waals surface area contributed by atoms with Gasteiger partial charge in [0.1, 0.15) is 0 Å². The minimum Gasteiger partial charge on any atom is -0.310 e. The molecular weight excluding hydrogens is 242 g/mol. The van der Waals surface area contributed by atoms with Crippen molar-refractivity contribution >= 4 is 11.6 Å². The Balaban J connectivity index is 2.67. The monoisotopic (exact) mass is 267 g/mol. The third-order valence-electron chi connectivity index (χ3n) is 3.33. The van der Waals surface area contributed by atoms with Gasteiger partial charge < -0.3 is 5.32 Å². The highest BCUT2D eigenvalue weighted by Gasteiger charge is 2.14. The number of hydrogen-bond acceptors (Lipinski definition) is 1. The van der Waals surface area contributed by atoms with Crippen molar-refractivity contribution in [3.05, 3.63) is 34.9 Å². The number of halogens is 1. The first-order valence-corrected chi connectivity index (χ1v) is 7.54. The quantitative estimate of drug-likeness (QED) is 0.682. The highest BCUT2D eigenvalue weighted by Crippen LogP contribution is 2.25. The molecule has 102 valence electrons. The van der Waals surface area contributed by atoms with E-state index in [-0.39, 0.29) is 0 Å². The van der Waals surface area contributed by atoms with Gasteiger partial charge in [-0.3, -0.25) is 0 Å². The normalized spacial score (nSPS) is 14.4. The largest absolute Gasteiger partial charge is 0.310 e. The van der Waals surface area contributed by atoms with Gasteiger partial charge in [-0.25, -0.2) is 0 Å². The smallest absolute Gasteiger partial charge is 0.0406 e. The summed E-state index contributed by atoms with van der Waals surface area (Å²) in [6.45, 7) is 7.89. The molecule has 0 aliphatic heterocycles. The first-order chi connectivity index (χ1) is 8.67. The Labute approximate surface area is 117 Å². The van der Waals surface area contributed by atoms with E-state index in [1.165, 1.54) is 31.2 Å². The van der Waals surface area contributed by atoms with Crippen LogP contribution in [0.3, 0.4) is 0 Å². The van der Waals surface area contributed by atoms with Gasteiger partial charge in [0.05, 0.1) is 0 Å². The van der Waals surface area contributed by atoms with Crippen molar-refractivity contribution in [1.29, 1.82) is 0 Å². The first-order valence-electron chi connectivity index (χ1n) is 7.16. The molecule has 0 bridgehead atoms. The molecule has 1 rings (SSSR count). The van der Waals surface area contributed by atoms with E-state index < -0.39 is 0 Å². The Morgan fingerprint density at radius 2 is 1.78 bits per heavy atom. The molecule has 1 aromatic rings. The van der Waals surface area contributed by atoms with Gasteiger partial charge >= 0.3 is 0 Å². The zero-order valence-electron chi connectivity index (χ0n) is 11.9. The minimum atomic E-state index is 0.462. The molecule has 1 N–H and O–H groups in total. The van der Waals surface area contributed by atoms with Gasteiger partial charge in [-0.2, -0.15) is 0 Å². The fraction of sp³-hybridized carbons (Fsp3) is 0.625. The predicted octanol–water partition coefficient (Wildman–Crippen LogP) is 5.21. The summed E-state index contributed by atoms with van der Waals surface area (Å²) in [4.78, 5) is 0. The lowest BCUT2D eigenvalue weighted by Gasteiger charge is -2.22. The van der Waals surface area contributed by atoms with Crippen LogP contribution in [0.4, 0.5) is 0 Å². The molecule has 0 aliphatic carbocycles. The van der Waals surface area contributed by atoms with E-state index in [0.717, 1.165) is 17.5 Å². The SMILES string of the molecule is CCCNC(CC(C)CCC)c1ccc(Cl)cc1. The lowest BCUT2D eigenvalue weighted by molar-refractivity contribution is 0.390. The third-order valence-corrected chi connectivity index (χ3v) is 3.58. The molecule has 1 nitrogen and oxygen atoms in total. The molecule has 0 fully saturated rings. The lowest BCUT2D eigenvalue weighted by atomic mass is 9.93. The van der Waals surface area contributed by atoms with Crippen molar-refractivity contribution < 1.29 is 0 Å². The van der Waals surface area contributed by atoms with Crippen molar-refractivity contribution in [2.45, 2.75) is 52.5 Å². The second kappa shape index (κ2) is 8.55. The maximum Gasteiger partial charge on any atom is 0.0406 e. The summed E-state index contributed by atoms with van der Waals surface area (Å²) in [6, 6.07) is 8.73. The molecule has 0 heterocycles. The summed E-state index contributed by atoms with van der Waals surface area (Å²) in [5.74, 6) is 0.764. The Bertz CT molecular complexity index is 320. The van der Waals surface area contributed by atoms with Crippen LogP contribution in [0.5, 0.6) is 0 Å². The van der Waals surface area contributed by atoms with Gasteiger partial charge in [-0.1, -0.05) is 57.3 Å². The standard InChI is InChI=1S/C16H26ClN/c1-4-6-13(3)12-16(18-11-5-2)14-7-9-15(17)10-8-14/h7-10,13,16,18H,4-6,11-12H2,1-3H3. The number of benzene rings is 1. The summed E-state index contributed by atoms with van der Waals surface area (Å²) in [6.07, 6.45) is 4.95. The topological polar surface area (TPSA) is 12.0 Å². The van der Waals surface area contributed by atoms with E-state index in [1.54, 1.807) is 0 Å². The summed E-state index contributed by atoms with van der Waals surface area (Å²) in [5, 5.41) is 4.47. The van der Waals surface area contributed by atoms with E-state index in [2.05, 4.69) is 38.2 Å². The molecule has 18 heavy (non-hydrogen) atoms. The van der Waals surface area contributed by atoms with Gasteiger partial charge in [0.25, 0.3) is 0 Å². The Kier molecular flexibility index (Phi) is 7.38. The summed E-state index contributed by atoms with van der Waals surface area (Å²) in [5.41, 5.74) is 1.36. The first kappa shape index (κ1) is 15.5. The predicted molar refractivity (Wildman–Crippen MR) is 81.2 cm³/mol. The molecule has 0 radical (unpaired) electrons. The molecule has 2 unspecified atom stereocenters. The Morgan fingerprint density at radius 3 is 2.33 bits per heavy atom. The maximum absolute atomic E-state index is 5.96. The third kappa shape index (κ3) is 5.41. The van der Waals surface area contributed by atoms with E-state index >= 15 is 0 Å². The van der Waals surface area contributed by atoms with Gasteiger partial charge in [-0.15, -0.1) is 0 Å². The highest BCUT2D eigenvalue weighted by molar-refractivity contribution is 6.30. The van der Waals surface area contributed by atoms with Crippen LogP contribution >= 0.6 is 11.6 Å². The van der Waals surface area contributed by atoms with Crippen molar-refractivity contribution in [3.8, 4) is 0 Å². The molecule has 0 saturated heterocycles. The van der Waals surface area contributed by atoms with Gasteiger partial charge in [0.2, 0.25) is 0 Å². The number of hydrogen-bond donors (Lipinski definition) is 1. The molecule has 0 amide bonds. The van der Waals surface area contributed by atoms with Crippen LogP contribution in [0.1, 0.15) is 58.1 Å². The van der Waals surface area contributed by atoms with Crippen LogP contribution in [0, 0.1) is 5.92 Å². The fourth-order valence-electron chi connectivity index (χ4n) is 2.36. The molecule has 0 aromatic heterocycles. The van der Waals surface area contributed by atoms with Crippen LogP contribution in [0.2, 0.25) is 5.02 Å². The van der Waals surface area contributed by atoms with Crippen molar-refractivity contribution in [1.82, 2.24) is 5.32 Å². The molecule has 0 saturated carbocycles. The molecule has 0 spiro atoms. The second-order valence-corrected chi connectivity index (χ2v) is 5.62. The van der Waals surface area contributed by atoms with Crippen LogP contribution in [0.15, 0.2) is 24.3 Å². The van der Waals surface area contributed by atoms with Gasteiger partial charge in [0, 0.05) is 11.1 Å². The average molecular weight is 268 g/mol. The number of rotatable bonds is 8. The second-order valence-electron chi connectivity index (χ2n) is 5.19. The van der Waals surface area contributed by atoms with E-state index in [0.29, 0.717) is 6.04 Å². The van der Waals surface area contributed by atoms with Gasteiger partial charge in [-0.05, 0) is 43.0 Å². The summed E-state index contributed by atoms with van der Waals surface area (Å²) < 4.78 is 0. The summed E-state index contributed by atoms with van der Waals surface area (Å²) >= 11 is 5.96. The average Bonchev–Trinajstić information content (AvgIpc) is 2.36. The summed E-state index contributed by atoms with van der Waals surface area (Å²) in [7, 11) is 0. The van der Waals surface area contributed by atoms with Crippen molar-refractivity contribution in [3.63, 3.8) is 0 Å². The zero-order chi connectivity index (χ0) is 13.4. The molecular formula is C16H26ClN. The van der Waals surface area contributed by atoms with E-state index in [1.807, 2.05) is 12.1 Å². The maximum atomic E-state index is 5.96. The van der Waals surface area contributed by atoms with Crippen LogP contribution < -0.4 is 5.32 Å². The van der Waals surface area contributed by atoms with Gasteiger partial charge in [0.15, 0.2) is 0 Å². The number of nitrogens with one attached hydrogen (secondary N) is 1. The van der Waals surface area contributed by atoms with Crippen LogP contribution in [-0.4, -0.2) is 6.54 Å². The molecule has 0 aliphatic rings. The molecule has 1 aromatic carbocycles. The van der Waals surface area contributed by atoms with Crippen LogP contribution in [0.25, 0.3) is 0 Å². The highest BCUT2D eigenvalue weighted by atomic mass is 35.5. The molecule has 2 heteroatoms. The van der Waals surface area contributed by atoms with Crippen LogP contribution in [-0.2, 0) is 0 Å². The van der Waals surface area contributed by atoms with E-state index in [9.17, 15) is 0 Å². The Hall–Kier alpha value is -0.530.